The maximum atomic E-state index is 5.69. The molecular weight excluding hydrogens is 459 g/mol. The Hall–Kier alpha value is -1.26. The lowest BCUT2D eigenvalue weighted by molar-refractivity contribution is 0.0372. The Morgan fingerprint density at radius 2 is 1.74 bits per heavy atom. The summed E-state index contributed by atoms with van der Waals surface area (Å²) >= 11 is 0. The first-order chi connectivity index (χ1) is 12.8. The molecule has 1 saturated heterocycles. The van der Waals surface area contributed by atoms with E-state index in [1.165, 1.54) is 6.42 Å². The average molecular weight is 492 g/mol. The fourth-order valence-electron chi connectivity index (χ4n) is 2.72. The predicted molar refractivity (Wildman–Crippen MR) is 120 cm³/mol. The standard InChI is InChI=1S/C19H32N4O3.HI/c1-20-19(21-9-3-4-11-23-12-15-25-16-13-23)22-10-14-26-18-7-5-17(24-2)6-8-18;/h5-8H,3-4,9-16H2,1-2H3,(H2,20,21,22);1H. The number of morpholine rings is 1. The Labute approximate surface area is 179 Å². The molecule has 8 heteroatoms. The molecule has 0 radical (unpaired) electrons. The smallest absolute Gasteiger partial charge is 0.191 e. The fourth-order valence-corrected chi connectivity index (χ4v) is 2.72. The van der Waals surface area contributed by atoms with Gasteiger partial charge in [0.1, 0.15) is 18.1 Å². The third-order valence-corrected chi connectivity index (χ3v) is 4.24. The van der Waals surface area contributed by atoms with E-state index in [1.54, 1.807) is 14.2 Å². The average Bonchev–Trinajstić information content (AvgIpc) is 2.70. The lowest BCUT2D eigenvalue weighted by atomic mass is 10.3. The highest BCUT2D eigenvalue weighted by molar-refractivity contribution is 14.0. The minimum Gasteiger partial charge on any atom is -0.497 e. The van der Waals surface area contributed by atoms with E-state index in [0.717, 1.165) is 63.3 Å². The SMILES string of the molecule is CN=C(NCCCCN1CCOCC1)NCCOc1ccc(OC)cc1.I. The van der Waals surface area contributed by atoms with Gasteiger partial charge in [-0.15, -0.1) is 24.0 Å². The van der Waals surface area contributed by atoms with Crippen LogP contribution in [0.5, 0.6) is 11.5 Å². The molecule has 2 N–H and O–H groups in total. The zero-order chi connectivity index (χ0) is 18.5. The van der Waals surface area contributed by atoms with Crippen LogP contribution < -0.4 is 20.1 Å². The Morgan fingerprint density at radius 3 is 2.41 bits per heavy atom. The van der Waals surface area contributed by atoms with Crippen LogP contribution in [0.3, 0.4) is 0 Å². The van der Waals surface area contributed by atoms with Crippen LogP contribution in [0.2, 0.25) is 0 Å². The van der Waals surface area contributed by atoms with Gasteiger partial charge in [-0.3, -0.25) is 9.89 Å². The lowest BCUT2D eigenvalue weighted by Gasteiger charge is -2.26. The van der Waals surface area contributed by atoms with Crippen LogP contribution in [0.1, 0.15) is 12.8 Å². The maximum absolute atomic E-state index is 5.69. The largest absolute Gasteiger partial charge is 0.497 e. The summed E-state index contributed by atoms with van der Waals surface area (Å²) in [6, 6.07) is 7.58. The summed E-state index contributed by atoms with van der Waals surface area (Å²) in [4.78, 5) is 6.70. The highest BCUT2D eigenvalue weighted by Crippen LogP contribution is 2.16. The minimum absolute atomic E-state index is 0. The van der Waals surface area contributed by atoms with Gasteiger partial charge in [0.05, 0.1) is 26.9 Å². The van der Waals surface area contributed by atoms with Gasteiger partial charge in [0.15, 0.2) is 5.96 Å². The van der Waals surface area contributed by atoms with Gasteiger partial charge in [0.2, 0.25) is 0 Å². The van der Waals surface area contributed by atoms with E-state index in [4.69, 9.17) is 14.2 Å². The van der Waals surface area contributed by atoms with Crippen LogP contribution in [0.25, 0.3) is 0 Å². The van der Waals surface area contributed by atoms with Crippen molar-refractivity contribution in [1.29, 1.82) is 0 Å². The Morgan fingerprint density at radius 1 is 1.07 bits per heavy atom. The number of halogens is 1. The molecule has 1 aromatic carbocycles. The first-order valence-corrected chi connectivity index (χ1v) is 9.33. The van der Waals surface area contributed by atoms with Crippen LogP contribution in [0.15, 0.2) is 29.3 Å². The molecule has 0 spiro atoms. The molecule has 27 heavy (non-hydrogen) atoms. The lowest BCUT2D eigenvalue weighted by Crippen LogP contribution is -2.40. The van der Waals surface area contributed by atoms with Crippen molar-refractivity contribution in [2.45, 2.75) is 12.8 Å². The molecule has 0 unspecified atom stereocenters. The van der Waals surface area contributed by atoms with Crippen molar-refractivity contribution < 1.29 is 14.2 Å². The van der Waals surface area contributed by atoms with Crippen molar-refractivity contribution >= 4 is 29.9 Å². The second kappa shape index (κ2) is 14.8. The monoisotopic (exact) mass is 492 g/mol. The van der Waals surface area contributed by atoms with Gasteiger partial charge in [-0.2, -0.15) is 0 Å². The molecule has 1 fully saturated rings. The van der Waals surface area contributed by atoms with Crippen LogP contribution in [-0.4, -0.2) is 77.6 Å². The summed E-state index contributed by atoms with van der Waals surface area (Å²) in [5, 5.41) is 6.61. The van der Waals surface area contributed by atoms with Crippen molar-refractivity contribution in [3.63, 3.8) is 0 Å². The van der Waals surface area contributed by atoms with Crippen molar-refractivity contribution in [3.8, 4) is 11.5 Å². The second-order valence-electron chi connectivity index (χ2n) is 6.11. The zero-order valence-corrected chi connectivity index (χ0v) is 18.7. The van der Waals surface area contributed by atoms with Crippen molar-refractivity contribution in [2.24, 2.45) is 4.99 Å². The van der Waals surface area contributed by atoms with Crippen molar-refractivity contribution in [2.75, 3.05) is 66.7 Å². The Kier molecular flexibility index (Phi) is 13.0. The number of guanidine groups is 1. The molecule has 1 heterocycles. The Balaban J connectivity index is 0.00000364. The second-order valence-corrected chi connectivity index (χ2v) is 6.11. The highest BCUT2D eigenvalue weighted by Gasteiger charge is 2.09. The highest BCUT2D eigenvalue weighted by atomic mass is 127. The molecule has 7 nitrogen and oxygen atoms in total. The summed E-state index contributed by atoms with van der Waals surface area (Å²) in [6.45, 7) is 7.19. The van der Waals surface area contributed by atoms with Gasteiger partial charge >= 0.3 is 0 Å². The van der Waals surface area contributed by atoms with Gasteiger partial charge in [-0.1, -0.05) is 0 Å². The topological polar surface area (TPSA) is 67.4 Å². The molecule has 1 aliphatic rings. The van der Waals surface area contributed by atoms with Crippen LogP contribution in [0.4, 0.5) is 0 Å². The summed E-state index contributed by atoms with van der Waals surface area (Å²) in [5.74, 6) is 2.47. The van der Waals surface area contributed by atoms with E-state index in [0.29, 0.717) is 13.2 Å². The number of aliphatic imine (C=N–C) groups is 1. The quantitative estimate of drug-likeness (QED) is 0.226. The van der Waals surface area contributed by atoms with Crippen LogP contribution in [-0.2, 0) is 4.74 Å². The van der Waals surface area contributed by atoms with Crippen molar-refractivity contribution in [3.05, 3.63) is 24.3 Å². The normalized spacial score (nSPS) is 15.0. The molecule has 1 aliphatic heterocycles. The molecule has 2 rings (SSSR count). The number of benzene rings is 1. The zero-order valence-electron chi connectivity index (χ0n) is 16.4. The number of hydrogen-bond acceptors (Lipinski definition) is 5. The van der Waals surface area contributed by atoms with Gasteiger partial charge in [-0.05, 0) is 43.7 Å². The van der Waals surface area contributed by atoms with E-state index in [-0.39, 0.29) is 24.0 Å². The third-order valence-electron chi connectivity index (χ3n) is 4.24. The summed E-state index contributed by atoms with van der Waals surface area (Å²) in [7, 11) is 3.44. The molecule has 0 saturated carbocycles. The molecule has 0 atom stereocenters. The number of hydrogen-bond donors (Lipinski definition) is 2. The predicted octanol–water partition coefficient (Wildman–Crippen LogP) is 1.97. The van der Waals surface area contributed by atoms with Gasteiger partial charge in [0.25, 0.3) is 0 Å². The van der Waals surface area contributed by atoms with E-state index in [2.05, 4.69) is 20.5 Å². The van der Waals surface area contributed by atoms with E-state index >= 15 is 0 Å². The van der Waals surface area contributed by atoms with Crippen LogP contribution >= 0.6 is 24.0 Å². The molecule has 0 bridgehead atoms. The number of unbranched alkanes of at least 4 members (excludes halogenated alkanes) is 1. The molecule has 0 amide bonds. The first-order valence-electron chi connectivity index (χ1n) is 9.33. The Bertz CT molecular complexity index is 522. The molecule has 0 aliphatic carbocycles. The van der Waals surface area contributed by atoms with E-state index in [9.17, 15) is 0 Å². The van der Waals surface area contributed by atoms with E-state index in [1.807, 2.05) is 24.3 Å². The molecule has 1 aromatic rings. The summed E-state index contributed by atoms with van der Waals surface area (Å²) < 4.78 is 16.2. The molecular formula is C19H33IN4O3. The molecule has 154 valence electrons. The third kappa shape index (κ3) is 10.0. The number of rotatable bonds is 10. The number of nitrogens with zero attached hydrogens (tertiary/aromatic N) is 2. The van der Waals surface area contributed by atoms with Gasteiger partial charge in [0, 0.05) is 26.7 Å². The summed E-state index contributed by atoms with van der Waals surface area (Å²) in [6.07, 6.45) is 2.31. The number of nitrogens with one attached hydrogen (secondary N) is 2. The van der Waals surface area contributed by atoms with Crippen molar-refractivity contribution in [1.82, 2.24) is 15.5 Å². The maximum Gasteiger partial charge on any atom is 0.191 e. The number of ether oxygens (including phenoxy) is 3. The fraction of sp³-hybridized carbons (Fsp3) is 0.632. The molecule has 0 aromatic heterocycles. The summed E-state index contributed by atoms with van der Waals surface area (Å²) in [5.41, 5.74) is 0. The van der Waals surface area contributed by atoms with E-state index < -0.39 is 0 Å². The minimum atomic E-state index is 0. The first kappa shape index (κ1) is 23.8. The number of methoxy groups -OCH3 is 1. The van der Waals surface area contributed by atoms with Gasteiger partial charge in [-0.25, -0.2) is 0 Å². The van der Waals surface area contributed by atoms with Gasteiger partial charge < -0.3 is 24.8 Å². The van der Waals surface area contributed by atoms with Crippen LogP contribution in [0, 0.1) is 0 Å².